The van der Waals surface area contributed by atoms with E-state index >= 15 is 0 Å². The molecular formula is C16H22N6O4S. The number of hydrogen-bond donors (Lipinski definition) is 1. The van der Waals surface area contributed by atoms with E-state index in [9.17, 15) is 13.2 Å². The number of hydrogen-bond acceptors (Lipinski definition) is 6. The maximum Gasteiger partial charge on any atom is 0.246 e. The van der Waals surface area contributed by atoms with Crippen LogP contribution in [0.2, 0.25) is 0 Å². The van der Waals surface area contributed by atoms with Gasteiger partial charge in [-0.15, -0.1) is 0 Å². The summed E-state index contributed by atoms with van der Waals surface area (Å²) >= 11 is 0. The summed E-state index contributed by atoms with van der Waals surface area (Å²) in [7, 11) is -2.10. The summed E-state index contributed by atoms with van der Waals surface area (Å²) in [5, 5.41) is 8.23. The maximum atomic E-state index is 12.8. The monoisotopic (exact) mass is 394 g/mol. The first-order valence-electron chi connectivity index (χ1n) is 8.89. The molecule has 0 unspecified atom stereocenters. The van der Waals surface area contributed by atoms with Crippen molar-refractivity contribution in [2.24, 2.45) is 7.05 Å². The zero-order valence-corrected chi connectivity index (χ0v) is 15.8. The van der Waals surface area contributed by atoms with Crippen molar-refractivity contribution in [3.8, 4) is 0 Å². The van der Waals surface area contributed by atoms with E-state index in [2.05, 4.69) is 14.9 Å². The molecule has 2 aliphatic rings. The quantitative estimate of drug-likeness (QED) is 0.767. The number of aromatic nitrogens is 4. The molecule has 0 aliphatic carbocycles. The molecule has 27 heavy (non-hydrogen) atoms. The number of piperidine rings is 1. The molecule has 2 fully saturated rings. The second kappa shape index (κ2) is 7.06. The molecular weight excluding hydrogens is 372 g/mol. The van der Waals surface area contributed by atoms with Crippen LogP contribution in [0, 0.1) is 0 Å². The van der Waals surface area contributed by atoms with E-state index in [1.165, 1.54) is 12.4 Å². The molecule has 4 rings (SSSR count). The average Bonchev–Trinajstić information content (AvgIpc) is 3.37. The Morgan fingerprint density at radius 3 is 2.85 bits per heavy atom. The Kier molecular flexibility index (Phi) is 4.74. The molecule has 0 spiro atoms. The summed E-state index contributed by atoms with van der Waals surface area (Å²) in [6.45, 7) is 1.71. The number of carbonyl (C=O) groups excluding carboxylic acids is 1. The van der Waals surface area contributed by atoms with Crippen LogP contribution in [0.5, 0.6) is 0 Å². The highest BCUT2D eigenvalue weighted by Crippen LogP contribution is 2.23. The fourth-order valence-corrected chi connectivity index (χ4v) is 4.65. The molecule has 2 aliphatic heterocycles. The fraction of sp³-hybridized carbons (Fsp3) is 0.562. The first-order valence-corrected chi connectivity index (χ1v) is 10.4. The largest absolute Gasteiger partial charge is 0.379 e. The molecule has 10 nitrogen and oxygen atoms in total. The Balaban J connectivity index is 1.50. The third-order valence-electron chi connectivity index (χ3n) is 4.98. The Hall–Kier alpha value is -2.24. The predicted octanol–water partition coefficient (Wildman–Crippen LogP) is 0.0519. The topological polar surface area (TPSA) is 111 Å². The van der Waals surface area contributed by atoms with Gasteiger partial charge in [0.25, 0.3) is 0 Å². The molecule has 146 valence electrons. The van der Waals surface area contributed by atoms with Crippen LogP contribution in [0.15, 0.2) is 29.6 Å². The van der Waals surface area contributed by atoms with Gasteiger partial charge >= 0.3 is 0 Å². The first-order chi connectivity index (χ1) is 13.0. The van der Waals surface area contributed by atoms with Crippen LogP contribution in [0.4, 0.5) is 5.82 Å². The van der Waals surface area contributed by atoms with E-state index in [-0.39, 0.29) is 16.8 Å². The van der Waals surface area contributed by atoms with Crippen molar-refractivity contribution in [1.29, 1.82) is 0 Å². The summed E-state index contributed by atoms with van der Waals surface area (Å²) in [5.41, 5.74) is 0. The molecule has 4 heterocycles. The van der Waals surface area contributed by atoms with Crippen LogP contribution < -0.4 is 9.62 Å². The average molecular weight is 394 g/mol. The summed E-state index contributed by atoms with van der Waals surface area (Å²) in [6.07, 6.45) is 6.37. The van der Waals surface area contributed by atoms with E-state index in [1.807, 2.05) is 0 Å². The van der Waals surface area contributed by atoms with Gasteiger partial charge in [0.1, 0.15) is 16.8 Å². The van der Waals surface area contributed by atoms with E-state index in [0.29, 0.717) is 38.4 Å². The molecule has 1 amide bonds. The zero-order chi connectivity index (χ0) is 19.0. The van der Waals surface area contributed by atoms with Gasteiger partial charge in [0.05, 0.1) is 25.0 Å². The number of amides is 1. The number of carbonyl (C=O) groups is 1. The minimum Gasteiger partial charge on any atom is -0.379 e. The molecule has 2 saturated heterocycles. The van der Waals surface area contributed by atoms with Crippen LogP contribution in [-0.4, -0.2) is 59.7 Å². The van der Waals surface area contributed by atoms with Crippen LogP contribution in [-0.2, 0) is 26.6 Å². The van der Waals surface area contributed by atoms with Gasteiger partial charge < -0.3 is 4.74 Å². The van der Waals surface area contributed by atoms with Crippen LogP contribution >= 0.6 is 0 Å². The molecule has 0 bridgehead atoms. The lowest BCUT2D eigenvalue weighted by Gasteiger charge is -2.32. The highest BCUT2D eigenvalue weighted by molar-refractivity contribution is 7.89. The number of sulfonamides is 1. The van der Waals surface area contributed by atoms with Crippen molar-refractivity contribution in [2.75, 3.05) is 24.7 Å². The Labute approximate surface area is 157 Å². The van der Waals surface area contributed by atoms with E-state index in [1.54, 1.807) is 33.6 Å². The van der Waals surface area contributed by atoms with Gasteiger partial charge in [-0.3, -0.25) is 19.1 Å². The number of anilines is 1. The molecule has 2 aromatic heterocycles. The van der Waals surface area contributed by atoms with Crippen LogP contribution in [0.1, 0.15) is 25.3 Å². The number of nitrogens with one attached hydrogen (secondary N) is 1. The summed E-state index contributed by atoms with van der Waals surface area (Å²) in [4.78, 5) is 14.4. The van der Waals surface area contributed by atoms with Gasteiger partial charge in [-0.1, -0.05) is 0 Å². The lowest BCUT2D eigenvalue weighted by atomic mass is 10.1. The molecule has 2 atom stereocenters. The second-order valence-electron chi connectivity index (χ2n) is 6.79. The molecule has 0 aromatic carbocycles. The number of ether oxygens (including phenoxy) is 1. The molecule has 11 heteroatoms. The zero-order valence-electron chi connectivity index (χ0n) is 15.0. The first kappa shape index (κ1) is 18.1. The van der Waals surface area contributed by atoms with Crippen molar-refractivity contribution in [3.63, 3.8) is 0 Å². The fourth-order valence-electron chi connectivity index (χ4n) is 3.49. The summed E-state index contributed by atoms with van der Waals surface area (Å²) in [6, 6.07) is 0.977. The Morgan fingerprint density at radius 2 is 2.15 bits per heavy atom. The third kappa shape index (κ3) is 3.49. The number of aryl methyl sites for hydroxylation is 1. The van der Waals surface area contributed by atoms with E-state index < -0.39 is 16.1 Å². The molecule has 1 N–H and O–H groups in total. The predicted molar refractivity (Wildman–Crippen MR) is 95.6 cm³/mol. The van der Waals surface area contributed by atoms with Gasteiger partial charge in [0.2, 0.25) is 15.9 Å². The number of rotatable bonds is 5. The minimum absolute atomic E-state index is 0.0468. The van der Waals surface area contributed by atoms with E-state index in [0.717, 1.165) is 6.42 Å². The second-order valence-corrected chi connectivity index (χ2v) is 8.51. The van der Waals surface area contributed by atoms with Crippen molar-refractivity contribution >= 4 is 21.7 Å². The van der Waals surface area contributed by atoms with Crippen molar-refractivity contribution in [3.05, 3.63) is 24.7 Å². The standard InChI is InChI=1S/C16H22N6O4S/c1-20-15(4-6-17-20)21-7-2-3-14(16(21)23)19-27(24,25)13-9-18-22(10-13)12-5-8-26-11-12/h4,6,9-10,12,14,19H,2-3,5,7-8,11H2,1H3/t12-,14+/m0/s1. The SMILES string of the molecule is Cn1nccc1N1CCC[C@@H](NS(=O)(=O)c2cnn([C@H]3CCOC3)c2)C1=O. The Bertz CT molecular complexity index is 930. The summed E-state index contributed by atoms with van der Waals surface area (Å²) in [5.74, 6) is 0.378. The van der Waals surface area contributed by atoms with Crippen molar-refractivity contribution < 1.29 is 17.9 Å². The molecule has 2 aromatic rings. The lowest BCUT2D eigenvalue weighted by Crippen LogP contribution is -2.52. The number of nitrogens with zero attached hydrogens (tertiary/aromatic N) is 5. The smallest absolute Gasteiger partial charge is 0.246 e. The highest BCUT2D eigenvalue weighted by atomic mass is 32.2. The van der Waals surface area contributed by atoms with Gasteiger partial charge in [0, 0.05) is 32.5 Å². The van der Waals surface area contributed by atoms with Gasteiger partial charge in [-0.05, 0) is 19.3 Å². The minimum atomic E-state index is -3.85. The molecule has 0 saturated carbocycles. The molecule has 0 radical (unpaired) electrons. The van der Waals surface area contributed by atoms with Crippen molar-refractivity contribution in [1.82, 2.24) is 24.3 Å². The summed E-state index contributed by atoms with van der Waals surface area (Å²) < 4.78 is 36.6. The van der Waals surface area contributed by atoms with Crippen molar-refractivity contribution in [2.45, 2.75) is 36.2 Å². The van der Waals surface area contributed by atoms with Gasteiger partial charge in [-0.25, -0.2) is 8.42 Å². The highest BCUT2D eigenvalue weighted by Gasteiger charge is 2.34. The normalized spacial score (nSPS) is 23.9. The Morgan fingerprint density at radius 1 is 1.30 bits per heavy atom. The third-order valence-corrected chi connectivity index (χ3v) is 6.40. The van der Waals surface area contributed by atoms with Gasteiger partial charge in [-0.2, -0.15) is 14.9 Å². The van der Waals surface area contributed by atoms with Gasteiger partial charge in [0.15, 0.2) is 0 Å². The van der Waals surface area contributed by atoms with E-state index in [4.69, 9.17) is 4.74 Å². The van der Waals surface area contributed by atoms with Crippen LogP contribution in [0.3, 0.4) is 0 Å². The maximum absolute atomic E-state index is 12.8. The lowest BCUT2D eigenvalue weighted by molar-refractivity contribution is -0.121. The van der Waals surface area contributed by atoms with Crippen LogP contribution in [0.25, 0.3) is 0 Å².